The van der Waals surface area contributed by atoms with Gasteiger partial charge in [-0.3, -0.25) is 4.79 Å². The van der Waals surface area contributed by atoms with E-state index in [1.165, 1.54) is 0 Å². The fourth-order valence-electron chi connectivity index (χ4n) is 4.64. The number of esters is 1. The van der Waals surface area contributed by atoms with Gasteiger partial charge in [0.15, 0.2) is 0 Å². The molecule has 6 nitrogen and oxygen atoms in total. The molecule has 0 bridgehead atoms. The summed E-state index contributed by atoms with van der Waals surface area (Å²) in [7, 11) is 0. The van der Waals surface area contributed by atoms with Crippen molar-refractivity contribution in [2.45, 2.75) is 79.2 Å². The lowest BCUT2D eigenvalue weighted by molar-refractivity contribution is -0.148. The number of carbonyl (C=O) groups excluding carboxylic acids is 2. The molecule has 3 rings (SSSR count). The van der Waals surface area contributed by atoms with Crippen molar-refractivity contribution in [1.82, 2.24) is 4.57 Å². The smallest absolute Gasteiger partial charge is 0.419 e. The molecule has 194 valence electrons. The average Bonchev–Trinajstić information content (AvgIpc) is 3.11. The normalized spacial score (nSPS) is 13.1. The van der Waals surface area contributed by atoms with Crippen molar-refractivity contribution in [3.63, 3.8) is 0 Å². The highest BCUT2D eigenvalue weighted by Crippen LogP contribution is 2.41. The number of ether oxygens (including phenoxy) is 2. The second-order valence-corrected chi connectivity index (χ2v) is 11.2. The van der Waals surface area contributed by atoms with Crippen LogP contribution in [0.1, 0.15) is 76.6 Å². The Morgan fingerprint density at radius 1 is 1.00 bits per heavy atom. The van der Waals surface area contributed by atoms with E-state index in [1.807, 2.05) is 66.7 Å². The number of fused-ring (bicyclic) bond motifs is 1. The lowest BCUT2D eigenvalue weighted by Crippen LogP contribution is -2.31. The van der Waals surface area contributed by atoms with Crippen molar-refractivity contribution < 1.29 is 19.1 Å². The van der Waals surface area contributed by atoms with Crippen LogP contribution >= 0.6 is 0 Å². The molecule has 6 heteroatoms. The highest BCUT2D eigenvalue weighted by molar-refractivity contribution is 6.01. The summed E-state index contributed by atoms with van der Waals surface area (Å²) in [6, 6.07) is 12.1. The first-order valence-corrected chi connectivity index (χ1v) is 12.6. The molecule has 0 saturated heterocycles. The Morgan fingerprint density at radius 2 is 1.61 bits per heavy atom. The molecule has 1 aromatic heterocycles. The summed E-state index contributed by atoms with van der Waals surface area (Å²) in [5.41, 5.74) is 11.1. The van der Waals surface area contributed by atoms with Crippen LogP contribution in [0.5, 0.6) is 0 Å². The quantitative estimate of drug-likeness (QED) is 0.391. The number of nitrogens with two attached hydrogens (primary N) is 1. The van der Waals surface area contributed by atoms with Crippen LogP contribution in [0.2, 0.25) is 0 Å². The number of hydrogen-bond donors (Lipinski definition) is 1. The van der Waals surface area contributed by atoms with Gasteiger partial charge in [-0.1, -0.05) is 30.2 Å². The molecule has 1 heterocycles. The number of aryl methyl sites for hydroxylation is 2. The topological polar surface area (TPSA) is 83.5 Å². The maximum Gasteiger partial charge on any atom is 0.419 e. The van der Waals surface area contributed by atoms with E-state index in [9.17, 15) is 9.59 Å². The molecule has 0 saturated carbocycles. The molecule has 2 aromatic carbocycles. The van der Waals surface area contributed by atoms with Gasteiger partial charge in [-0.25, -0.2) is 9.36 Å². The zero-order valence-corrected chi connectivity index (χ0v) is 23.1. The van der Waals surface area contributed by atoms with Gasteiger partial charge < -0.3 is 15.2 Å². The molecule has 0 amide bonds. The van der Waals surface area contributed by atoms with E-state index in [1.54, 1.807) is 11.5 Å². The standard InChI is InChI=1S/C30H40N2O4/c1-10-35-27(33)30(8,9)22-11-12-24-23(16-22)25(20(4)17-31)26(21-14-18(2)13-19(3)15-21)32(24)28(34)36-29(5,6)7/h11-16,20H,10,17,31H2,1-9H3. The van der Waals surface area contributed by atoms with Crippen LogP contribution < -0.4 is 5.73 Å². The fraction of sp³-hybridized carbons (Fsp3) is 0.467. The van der Waals surface area contributed by atoms with Crippen molar-refractivity contribution in [3.8, 4) is 11.3 Å². The molecule has 3 aromatic rings. The maximum atomic E-state index is 13.7. The molecule has 0 aliphatic rings. The lowest BCUT2D eigenvalue weighted by atomic mass is 9.83. The maximum absolute atomic E-state index is 13.7. The van der Waals surface area contributed by atoms with Gasteiger partial charge in [0, 0.05) is 5.39 Å². The zero-order valence-electron chi connectivity index (χ0n) is 23.1. The summed E-state index contributed by atoms with van der Waals surface area (Å²) in [5.74, 6) is -0.341. The minimum atomic E-state index is -0.860. The molecular formula is C30H40N2O4. The number of carbonyl (C=O) groups is 2. The largest absolute Gasteiger partial charge is 0.465 e. The van der Waals surface area contributed by atoms with Gasteiger partial charge in [-0.05, 0) is 109 Å². The van der Waals surface area contributed by atoms with Crippen LogP contribution in [-0.4, -0.2) is 35.4 Å². The molecule has 0 spiro atoms. The first-order valence-electron chi connectivity index (χ1n) is 12.6. The fourth-order valence-corrected chi connectivity index (χ4v) is 4.64. The van der Waals surface area contributed by atoms with Crippen LogP contribution in [-0.2, 0) is 19.7 Å². The molecule has 0 aliphatic carbocycles. The van der Waals surface area contributed by atoms with Crippen molar-refractivity contribution in [2.24, 2.45) is 5.73 Å². The Balaban J connectivity index is 2.45. The predicted octanol–water partition coefficient (Wildman–Crippen LogP) is 6.61. The molecule has 0 radical (unpaired) electrons. The third kappa shape index (κ3) is 5.34. The van der Waals surface area contributed by atoms with Crippen molar-refractivity contribution >= 4 is 23.0 Å². The molecule has 0 fully saturated rings. The van der Waals surface area contributed by atoms with Crippen molar-refractivity contribution in [2.75, 3.05) is 13.2 Å². The van der Waals surface area contributed by atoms with Crippen LogP contribution in [0.4, 0.5) is 4.79 Å². The number of rotatable bonds is 6. The summed E-state index contributed by atoms with van der Waals surface area (Å²) in [4.78, 5) is 26.5. The molecule has 2 N–H and O–H groups in total. The SMILES string of the molecule is CCOC(=O)C(C)(C)c1ccc2c(c1)c(C(C)CN)c(-c1cc(C)cc(C)c1)n2C(=O)OC(C)(C)C. The summed E-state index contributed by atoms with van der Waals surface area (Å²) in [6.45, 7) is 17.9. The zero-order chi connectivity index (χ0) is 27.0. The Labute approximate surface area is 214 Å². The van der Waals surface area contributed by atoms with E-state index in [-0.39, 0.29) is 11.9 Å². The number of hydrogen-bond acceptors (Lipinski definition) is 5. The van der Waals surface area contributed by atoms with Gasteiger partial charge in [0.1, 0.15) is 5.60 Å². The summed E-state index contributed by atoms with van der Waals surface area (Å²) < 4.78 is 12.9. The van der Waals surface area contributed by atoms with E-state index in [2.05, 4.69) is 25.1 Å². The van der Waals surface area contributed by atoms with Crippen molar-refractivity contribution in [3.05, 3.63) is 58.7 Å². The lowest BCUT2D eigenvalue weighted by Gasteiger charge is -2.23. The molecule has 0 aliphatic heterocycles. The summed E-state index contributed by atoms with van der Waals surface area (Å²) >= 11 is 0. The van der Waals surface area contributed by atoms with E-state index >= 15 is 0 Å². The minimum absolute atomic E-state index is 0.0482. The first-order chi connectivity index (χ1) is 16.7. The number of aromatic nitrogens is 1. The number of nitrogens with zero attached hydrogens (tertiary/aromatic N) is 1. The van der Waals surface area contributed by atoms with Gasteiger partial charge in [-0.15, -0.1) is 0 Å². The van der Waals surface area contributed by atoms with E-state index < -0.39 is 17.1 Å². The van der Waals surface area contributed by atoms with Crippen molar-refractivity contribution in [1.29, 1.82) is 0 Å². The number of benzene rings is 2. The van der Waals surface area contributed by atoms with Crippen LogP contribution in [0.3, 0.4) is 0 Å². The van der Waals surface area contributed by atoms with Crippen LogP contribution in [0.15, 0.2) is 36.4 Å². The second-order valence-electron chi connectivity index (χ2n) is 11.2. The molecule has 36 heavy (non-hydrogen) atoms. The Morgan fingerprint density at radius 3 is 2.14 bits per heavy atom. The van der Waals surface area contributed by atoms with Gasteiger partial charge in [-0.2, -0.15) is 0 Å². The first kappa shape index (κ1) is 27.5. The van der Waals surface area contributed by atoms with Crippen LogP contribution in [0, 0.1) is 13.8 Å². The third-order valence-electron chi connectivity index (χ3n) is 6.43. The van der Waals surface area contributed by atoms with Gasteiger partial charge >= 0.3 is 12.1 Å². The Kier molecular flexibility index (Phi) is 7.70. The average molecular weight is 493 g/mol. The predicted molar refractivity (Wildman–Crippen MR) is 146 cm³/mol. The monoisotopic (exact) mass is 492 g/mol. The second kappa shape index (κ2) is 10.1. The van der Waals surface area contributed by atoms with Gasteiger partial charge in [0.2, 0.25) is 0 Å². The van der Waals surface area contributed by atoms with Gasteiger partial charge in [0.05, 0.1) is 23.2 Å². The Hall–Kier alpha value is -3.12. The van der Waals surface area contributed by atoms with Crippen LogP contribution in [0.25, 0.3) is 22.2 Å². The van der Waals surface area contributed by atoms with Gasteiger partial charge in [0.25, 0.3) is 0 Å². The highest BCUT2D eigenvalue weighted by Gasteiger charge is 2.34. The summed E-state index contributed by atoms with van der Waals surface area (Å²) in [5, 5.41) is 0.878. The Bertz CT molecular complexity index is 1270. The van der Waals surface area contributed by atoms with E-state index in [4.69, 9.17) is 15.2 Å². The van der Waals surface area contributed by atoms with E-state index in [0.29, 0.717) is 13.2 Å². The molecule has 1 unspecified atom stereocenters. The third-order valence-corrected chi connectivity index (χ3v) is 6.43. The molecule has 1 atom stereocenters. The highest BCUT2D eigenvalue weighted by atomic mass is 16.6. The summed E-state index contributed by atoms with van der Waals surface area (Å²) in [6.07, 6.45) is -0.450. The minimum Gasteiger partial charge on any atom is -0.465 e. The van der Waals surface area contributed by atoms with E-state index in [0.717, 1.165) is 44.4 Å². The molecular weight excluding hydrogens is 452 g/mol.